The van der Waals surface area contributed by atoms with Crippen LogP contribution < -0.4 is 0 Å². The Hall–Kier alpha value is -1.06. The van der Waals surface area contributed by atoms with Crippen molar-refractivity contribution in [3.63, 3.8) is 0 Å². The lowest BCUT2D eigenvalue weighted by Crippen LogP contribution is -2.49. The van der Waals surface area contributed by atoms with E-state index in [-0.39, 0.29) is 11.9 Å². The molecule has 62 valence electrons. The third-order valence-corrected chi connectivity index (χ3v) is 1.81. The van der Waals surface area contributed by atoms with Crippen LogP contribution in [0.4, 0.5) is 4.79 Å². The average Bonchev–Trinajstić information content (AvgIpc) is 1.94. The zero-order valence-electron chi connectivity index (χ0n) is 6.83. The summed E-state index contributed by atoms with van der Waals surface area (Å²) in [6.07, 6.45) is 0.877. The van der Waals surface area contributed by atoms with E-state index in [1.807, 2.05) is 0 Å². The molecule has 0 aromatic heterocycles. The van der Waals surface area contributed by atoms with Gasteiger partial charge in [0.25, 0.3) is 0 Å². The molecule has 0 atom stereocenters. The quantitative estimate of drug-likeness (QED) is 0.505. The van der Waals surface area contributed by atoms with Crippen molar-refractivity contribution < 1.29 is 9.59 Å². The highest BCUT2D eigenvalue weighted by Gasteiger charge is 2.24. The molecule has 1 heterocycles. The summed E-state index contributed by atoms with van der Waals surface area (Å²) in [7, 11) is 1.71. The van der Waals surface area contributed by atoms with E-state index in [0.29, 0.717) is 6.54 Å². The second-order valence-electron chi connectivity index (χ2n) is 2.73. The van der Waals surface area contributed by atoms with E-state index < -0.39 is 0 Å². The molecule has 0 aromatic rings. The first-order valence-corrected chi connectivity index (χ1v) is 3.66. The van der Waals surface area contributed by atoms with E-state index in [0.717, 1.165) is 13.0 Å². The molecular formula is C7H12N2O2. The van der Waals surface area contributed by atoms with E-state index in [1.54, 1.807) is 11.9 Å². The van der Waals surface area contributed by atoms with Crippen LogP contribution in [0.5, 0.6) is 0 Å². The van der Waals surface area contributed by atoms with Crippen molar-refractivity contribution in [2.75, 3.05) is 20.1 Å². The molecular weight excluding hydrogens is 144 g/mol. The lowest BCUT2D eigenvalue weighted by atomic mass is 10.3. The number of carbonyl (C=O) groups excluding carboxylic acids is 2. The molecule has 0 saturated carbocycles. The van der Waals surface area contributed by atoms with Gasteiger partial charge in [-0.3, -0.25) is 9.69 Å². The molecule has 1 rings (SSSR count). The molecule has 3 amide bonds. The van der Waals surface area contributed by atoms with Gasteiger partial charge in [0.2, 0.25) is 5.91 Å². The summed E-state index contributed by atoms with van der Waals surface area (Å²) in [6, 6.07) is -0.177. The normalized spacial score (nSPS) is 18.9. The Morgan fingerprint density at radius 1 is 1.45 bits per heavy atom. The minimum absolute atomic E-state index is 0.165. The van der Waals surface area contributed by atoms with Gasteiger partial charge in [0.05, 0.1) is 0 Å². The first kappa shape index (κ1) is 8.04. The maximum absolute atomic E-state index is 11.2. The van der Waals surface area contributed by atoms with E-state index in [2.05, 4.69) is 0 Å². The molecule has 0 N–H and O–H groups in total. The number of hydrogen-bond acceptors (Lipinski definition) is 2. The van der Waals surface area contributed by atoms with Gasteiger partial charge < -0.3 is 4.90 Å². The molecule has 11 heavy (non-hydrogen) atoms. The van der Waals surface area contributed by atoms with Gasteiger partial charge in [0.1, 0.15) is 0 Å². The Balaban J connectivity index is 2.66. The number of imide groups is 1. The van der Waals surface area contributed by atoms with Crippen molar-refractivity contribution in [1.29, 1.82) is 0 Å². The van der Waals surface area contributed by atoms with Gasteiger partial charge in [-0.1, -0.05) is 0 Å². The summed E-state index contributed by atoms with van der Waals surface area (Å²) in [5.74, 6) is -0.165. The monoisotopic (exact) mass is 156 g/mol. The fourth-order valence-electron chi connectivity index (χ4n) is 1.16. The minimum atomic E-state index is -0.177. The second-order valence-corrected chi connectivity index (χ2v) is 2.73. The van der Waals surface area contributed by atoms with Crippen molar-refractivity contribution >= 4 is 11.9 Å². The van der Waals surface area contributed by atoms with Gasteiger partial charge in [-0.05, 0) is 6.42 Å². The van der Waals surface area contributed by atoms with Gasteiger partial charge in [0, 0.05) is 27.1 Å². The van der Waals surface area contributed by atoms with Gasteiger partial charge in [-0.2, -0.15) is 0 Å². The van der Waals surface area contributed by atoms with Crippen LogP contribution in [0.3, 0.4) is 0 Å². The molecule has 4 nitrogen and oxygen atoms in total. The highest BCUT2D eigenvalue weighted by molar-refractivity contribution is 5.93. The molecule has 4 heteroatoms. The number of urea groups is 1. The summed E-state index contributed by atoms with van der Waals surface area (Å²) in [5.41, 5.74) is 0. The van der Waals surface area contributed by atoms with Crippen LogP contribution in [0.1, 0.15) is 13.3 Å². The molecule has 1 aliphatic heterocycles. The predicted octanol–water partition coefficient (Wildman–Crippen LogP) is 0.290. The van der Waals surface area contributed by atoms with Crippen molar-refractivity contribution in [2.45, 2.75) is 13.3 Å². The van der Waals surface area contributed by atoms with Crippen molar-refractivity contribution in [1.82, 2.24) is 9.80 Å². The van der Waals surface area contributed by atoms with Gasteiger partial charge in [-0.25, -0.2) is 4.79 Å². The first-order chi connectivity index (χ1) is 5.13. The molecule has 0 radical (unpaired) electrons. The molecule has 0 aromatic carbocycles. The van der Waals surface area contributed by atoms with Crippen LogP contribution in [-0.2, 0) is 4.79 Å². The van der Waals surface area contributed by atoms with E-state index in [1.165, 1.54) is 11.8 Å². The van der Waals surface area contributed by atoms with E-state index >= 15 is 0 Å². The average molecular weight is 156 g/mol. The third kappa shape index (κ3) is 1.50. The van der Waals surface area contributed by atoms with Crippen LogP contribution >= 0.6 is 0 Å². The summed E-state index contributed by atoms with van der Waals surface area (Å²) in [6.45, 7) is 2.73. The Morgan fingerprint density at radius 3 is 2.55 bits per heavy atom. The fraction of sp³-hybridized carbons (Fsp3) is 0.714. The van der Waals surface area contributed by atoms with Gasteiger partial charge in [-0.15, -0.1) is 0 Å². The molecule has 0 bridgehead atoms. The summed E-state index contributed by atoms with van der Waals surface area (Å²) >= 11 is 0. The van der Waals surface area contributed by atoms with Crippen LogP contribution in [0.2, 0.25) is 0 Å². The minimum Gasteiger partial charge on any atom is -0.327 e. The Morgan fingerprint density at radius 2 is 2.09 bits per heavy atom. The topological polar surface area (TPSA) is 40.6 Å². The standard InChI is InChI=1S/C7H12N2O2/c1-6(10)9-5-3-4-8(2)7(9)11/h3-5H2,1-2H3. The lowest BCUT2D eigenvalue weighted by molar-refractivity contribution is -0.127. The largest absolute Gasteiger partial charge is 0.327 e. The molecule has 1 aliphatic rings. The fourth-order valence-corrected chi connectivity index (χ4v) is 1.16. The molecule has 0 unspecified atom stereocenters. The molecule has 1 saturated heterocycles. The highest BCUT2D eigenvalue weighted by Crippen LogP contribution is 2.06. The van der Waals surface area contributed by atoms with Crippen molar-refractivity contribution in [2.24, 2.45) is 0 Å². The second kappa shape index (κ2) is 2.90. The lowest BCUT2D eigenvalue weighted by Gasteiger charge is -2.30. The van der Waals surface area contributed by atoms with Gasteiger partial charge >= 0.3 is 6.03 Å². The molecule has 1 fully saturated rings. The Kier molecular flexibility index (Phi) is 2.12. The number of nitrogens with zero attached hydrogens (tertiary/aromatic N) is 2. The summed E-state index contributed by atoms with van der Waals surface area (Å²) in [4.78, 5) is 24.9. The summed E-state index contributed by atoms with van der Waals surface area (Å²) in [5, 5.41) is 0. The smallest absolute Gasteiger partial charge is 0.326 e. The summed E-state index contributed by atoms with van der Waals surface area (Å²) < 4.78 is 0. The predicted molar refractivity (Wildman–Crippen MR) is 40.0 cm³/mol. The highest BCUT2D eigenvalue weighted by atomic mass is 16.2. The number of amides is 3. The van der Waals surface area contributed by atoms with E-state index in [4.69, 9.17) is 0 Å². The third-order valence-electron chi connectivity index (χ3n) is 1.81. The van der Waals surface area contributed by atoms with Crippen LogP contribution in [-0.4, -0.2) is 41.9 Å². The Labute approximate surface area is 65.8 Å². The maximum Gasteiger partial charge on any atom is 0.326 e. The van der Waals surface area contributed by atoms with Crippen LogP contribution in [0, 0.1) is 0 Å². The number of hydrogen-bond donors (Lipinski definition) is 0. The van der Waals surface area contributed by atoms with Crippen LogP contribution in [0.25, 0.3) is 0 Å². The van der Waals surface area contributed by atoms with Gasteiger partial charge in [0.15, 0.2) is 0 Å². The van der Waals surface area contributed by atoms with Crippen LogP contribution in [0.15, 0.2) is 0 Å². The zero-order chi connectivity index (χ0) is 8.43. The molecule has 0 spiro atoms. The SMILES string of the molecule is CC(=O)N1CCCN(C)C1=O. The molecule has 0 aliphatic carbocycles. The Bertz CT molecular complexity index is 191. The zero-order valence-corrected chi connectivity index (χ0v) is 6.83. The van der Waals surface area contributed by atoms with E-state index in [9.17, 15) is 9.59 Å². The number of rotatable bonds is 0. The van der Waals surface area contributed by atoms with Crippen molar-refractivity contribution in [3.05, 3.63) is 0 Å². The van der Waals surface area contributed by atoms with Crippen molar-refractivity contribution in [3.8, 4) is 0 Å². The number of carbonyl (C=O) groups is 2. The maximum atomic E-state index is 11.2. The first-order valence-electron chi connectivity index (χ1n) is 3.66.